The first-order chi connectivity index (χ1) is 7.97. The summed E-state index contributed by atoms with van der Waals surface area (Å²) in [6.07, 6.45) is 0. The van der Waals surface area contributed by atoms with Crippen molar-refractivity contribution < 1.29 is 0 Å². The lowest BCUT2D eigenvalue weighted by Crippen LogP contribution is -2.53. The number of rotatable bonds is 2. The minimum atomic E-state index is -0.0177. The summed E-state index contributed by atoms with van der Waals surface area (Å²) in [5.74, 6) is 1.13. The number of para-hydroxylation sites is 1. The van der Waals surface area contributed by atoms with Crippen molar-refractivity contribution in [1.29, 1.82) is 0 Å². The molecule has 0 spiro atoms. The van der Waals surface area contributed by atoms with E-state index in [-0.39, 0.29) is 5.54 Å². The van der Waals surface area contributed by atoms with E-state index in [0.29, 0.717) is 11.9 Å². The molecule has 3 nitrogen and oxygen atoms in total. The van der Waals surface area contributed by atoms with Gasteiger partial charge in [0.05, 0.1) is 12.1 Å². The van der Waals surface area contributed by atoms with Crippen molar-refractivity contribution in [3.8, 4) is 0 Å². The fourth-order valence-corrected chi connectivity index (χ4v) is 2.30. The van der Waals surface area contributed by atoms with Gasteiger partial charge in [-0.3, -0.25) is 4.99 Å². The number of guanidine groups is 1. The normalized spacial score (nSPS) is 24.3. The van der Waals surface area contributed by atoms with Crippen LogP contribution in [-0.4, -0.2) is 18.0 Å². The largest absolute Gasteiger partial charge is 0.369 e. The van der Waals surface area contributed by atoms with E-state index in [1.807, 2.05) is 0 Å². The number of benzene rings is 1. The first kappa shape index (κ1) is 12.0. The molecule has 0 saturated heterocycles. The van der Waals surface area contributed by atoms with Crippen molar-refractivity contribution in [2.75, 3.05) is 11.4 Å². The Kier molecular flexibility index (Phi) is 2.86. The number of anilines is 1. The van der Waals surface area contributed by atoms with Gasteiger partial charge in [-0.2, -0.15) is 0 Å². The molecule has 0 saturated carbocycles. The lowest BCUT2D eigenvalue weighted by atomic mass is 9.87. The Labute approximate surface area is 103 Å². The molecule has 2 N–H and O–H groups in total. The predicted octanol–water partition coefficient (Wildman–Crippen LogP) is 2.54. The highest BCUT2D eigenvalue weighted by Crippen LogP contribution is 2.35. The molecule has 92 valence electrons. The SMILES string of the molecule is Cc1ccccc1N1C(N)=NCC1(C)C(C)C. The summed E-state index contributed by atoms with van der Waals surface area (Å²) in [4.78, 5) is 6.62. The molecule has 1 aromatic rings. The van der Waals surface area contributed by atoms with Gasteiger partial charge in [-0.15, -0.1) is 0 Å². The molecule has 1 aliphatic rings. The van der Waals surface area contributed by atoms with Crippen LogP contribution >= 0.6 is 0 Å². The third-order valence-corrected chi connectivity index (χ3v) is 3.90. The van der Waals surface area contributed by atoms with Crippen LogP contribution in [-0.2, 0) is 0 Å². The minimum absolute atomic E-state index is 0.0177. The standard InChI is InChI=1S/C14H21N3/c1-10(2)14(4)9-16-13(15)17(14)12-8-6-5-7-11(12)3/h5-8,10H,9H2,1-4H3,(H2,15,16). The molecule has 1 heterocycles. The van der Waals surface area contributed by atoms with Crippen molar-refractivity contribution in [2.45, 2.75) is 33.2 Å². The highest BCUT2D eigenvalue weighted by atomic mass is 15.4. The molecule has 1 unspecified atom stereocenters. The molecule has 0 aromatic heterocycles. The molecular weight excluding hydrogens is 210 g/mol. The van der Waals surface area contributed by atoms with Crippen molar-refractivity contribution in [3.05, 3.63) is 29.8 Å². The van der Waals surface area contributed by atoms with Gasteiger partial charge in [0.2, 0.25) is 0 Å². The number of aryl methyl sites for hydroxylation is 1. The third-order valence-electron chi connectivity index (χ3n) is 3.90. The first-order valence-electron chi connectivity index (χ1n) is 6.12. The van der Waals surface area contributed by atoms with Gasteiger partial charge in [-0.05, 0) is 31.4 Å². The lowest BCUT2D eigenvalue weighted by Gasteiger charge is -2.40. The summed E-state index contributed by atoms with van der Waals surface area (Å²) in [7, 11) is 0. The fourth-order valence-electron chi connectivity index (χ4n) is 2.30. The van der Waals surface area contributed by atoms with E-state index in [2.05, 4.69) is 61.9 Å². The summed E-state index contributed by atoms with van der Waals surface area (Å²) in [5, 5.41) is 0. The van der Waals surface area contributed by atoms with E-state index in [9.17, 15) is 0 Å². The Morgan fingerprint density at radius 1 is 1.35 bits per heavy atom. The van der Waals surface area contributed by atoms with Crippen LogP contribution in [0.25, 0.3) is 0 Å². The monoisotopic (exact) mass is 231 g/mol. The average molecular weight is 231 g/mol. The van der Waals surface area contributed by atoms with Crippen LogP contribution in [0.2, 0.25) is 0 Å². The van der Waals surface area contributed by atoms with Crippen molar-refractivity contribution in [2.24, 2.45) is 16.6 Å². The zero-order valence-corrected chi connectivity index (χ0v) is 11.1. The molecule has 0 amide bonds. The Balaban J connectivity index is 2.49. The Bertz CT molecular complexity index is 451. The van der Waals surface area contributed by atoms with Crippen LogP contribution in [0, 0.1) is 12.8 Å². The molecule has 2 rings (SSSR count). The molecular formula is C14H21N3. The summed E-state index contributed by atoms with van der Waals surface area (Å²) in [5.41, 5.74) is 8.46. The second-order valence-electron chi connectivity index (χ2n) is 5.31. The zero-order valence-electron chi connectivity index (χ0n) is 11.1. The lowest BCUT2D eigenvalue weighted by molar-refractivity contribution is 0.366. The maximum atomic E-state index is 6.07. The Morgan fingerprint density at radius 3 is 2.59 bits per heavy atom. The highest BCUT2D eigenvalue weighted by Gasteiger charge is 2.41. The molecule has 1 atom stereocenters. The Hall–Kier alpha value is -1.51. The summed E-state index contributed by atoms with van der Waals surface area (Å²) < 4.78 is 0. The summed E-state index contributed by atoms with van der Waals surface area (Å²) >= 11 is 0. The maximum absolute atomic E-state index is 6.07. The van der Waals surface area contributed by atoms with Crippen LogP contribution in [0.4, 0.5) is 5.69 Å². The number of hydrogen-bond acceptors (Lipinski definition) is 3. The summed E-state index contributed by atoms with van der Waals surface area (Å²) in [6, 6.07) is 8.33. The van der Waals surface area contributed by atoms with Gasteiger partial charge in [0, 0.05) is 5.69 Å². The third kappa shape index (κ3) is 1.79. The van der Waals surface area contributed by atoms with Gasteiger partial charge in [0.1, 0.15) is 0 Å². The van der Waals surface area contributed by atoms with Gasteiger partial charge in [0.15, 0.2) is 5.96 Å². The number of nitrogens with zero attached hydrogens (tertiary/aromatic N) is 2. The van der Waals surface area contributed by atoms with Crippen LogP contribution in [0.3, 0.4) is 0 Å². The maximum Gasteiger partial charge on any atom is 0.196 e. The second kappa shape index (κ2) is 4.06. The fraction of sp³-hybridized carbons (Fsp3) is 0.500. The number of aliphatic imine (C=N–C) groups is 1. The first-order valence-corrected chi connectivity index (χ1v) is 6.12. The molecule has 1 aliphatic heterocycles. The predicted molar refractivity (Wildman–Crippen MR) is 73.4 cm³/mol. The van der Waals surface area contributed by atoms with Crippen molar-refractivity contribution in [1.82, 2.24) is 0 Å². The van der Waals surface area contributed by atoms with E-state index in [1.165, 1.54) is 11.3 Å². The van der Waals surface area contributed by atoms with Gasteiger partial charge in [-0.1, -0.05) is 32.0 Å². The van der Waals surface area contributed by atoms with E-state index < -0.39 is 0 Å². The van der Waals surface area contributed by atoms with E-state index in [1.54, 1.807) is 0 Å². The smallest absolute Gasteiger partial charge is 0.196 e. The van der Waals surface area contributed by atoms with Crippen LogP contribution in [0.5, 0.6) is 0 Å². The van der Waals surface area contributed by atoms with E-state index >= 15 is 0 Å². The Morgan fingerprint density at radius 2 is 2.00 bits per heavy atom. The molecule has 0 fully saturated rings. The van der Waals surface area contributed by atoms with E-state index in [4.69, 9.17) is 5.73 Å². The quantitative estimate of drug-likeness (QED) is 0.850. The van der Waals surface area contributed by atoms with Crippen LogP contribution < -0.4 is 10.6 Å². The average Bonchev–Trinajstić information content (AvgIpc) is 2.58. The molecule has 0 radical (unpaired) electrons. The molecule has 0 bridgehead atoms. The van der Waals surface area contributed by atoms with Gasteiger partial charge in [0.25, 0.3) is 0 Å². The number of nitrogens with two attached hydrogens (primary N) is 1. The van der Waals surface area contributed by atoms with Gasteiger partial charge < -0.3 is 10.6 Å². The van der Waals surface area contributed by atoms with E-state index in [0.717, 1.165) is 6.54 Å². The molecule has 17 heavy (non-hydrogen) atoms. The second-order valence-corrected chi connectivity index (χ2v) is 5.31. The molecule has 3 heteroatoms. The van der Waals surface area contributed by atoms with Gasteiger partial charge in [-0.25, -0.2) is 0 Å². The summed E-state index contributed by atoms with van der Waals surface area (Å²) in [6.45, 7) is 9.55. The highest BCUT2D eigenvalue weighted by molar-refractivity contribution is 5.98. The minimum Gasteiger partial charge on any atom is -0.369 e. The van der Waals surface area contributed by atoms with Crippen LogP contribution in [0.1, 0.15) is 26.3 Å². The van der Waals surface area contributed by atoms with Crippen molar-refractivity contribution >= 4 is 11.6 Å². The number of hydrogen-bond donors (Lipinski definition) is 1. The van der Waals surface area contributed by atoms with Crippen LogP contribution in [0.15, 0.2) is 29.3 Å². The van der Waals surface area contributed by atoms with Gasteiger partial charge >= 0.3 is 0 Å². The topological polar surface area (TPSA) is 41.6 Å². The molecule has 1 aromatic carbocycles. The molecule has 0 aliphatic carbocycles. The zero-order chi connectivity index (χ0) is 12.6. The van der Waals surface area contributed by atoms with Crippen molar-refractivity contribution in [3.63, 3.8) is 0 Å².